The van der Waals surface area contributed by atoms with Crippen LogP contribution in [0.25, 0.3) is 16.9 Å². The van der Waals surface area contributed by atoms with Crippen molar-refractivity contribution in [1.82, 2.24) is 18.7 Å². The predicted molar refractivity (Wildman–Crippen MR) is 113 cm³/mol. The monoisotopic (exact) mass is 386 g/mol. The molecule has 2 aromatic carbocycles. The van der Waals surface area contributed by atoms with Crippen molar-refractivity contribution in [2.45, 2.75) is 38.8 Å². The Bertz CT molecular complexity index is 1330. The maximum absolute atomic E-state index is 13.4. The van der Waals surface area contributed by atoms with Crippen LogP contribution in [0.5, 0.6) is 0 Å². The van der Waals surface area contributed by atoms with Crippen LogP contribution in [-0.4, -0.2) is 18.7 Å². The van der Waals surface area contributed by atoms with Crippen LogP contribution >= 0.6 is 0 Å². The standard InChI is InChI=1S/C23H22N4O2/c1-15-7-6-10-19(13-15)26-21-20(22(28)27(23(26)29)18-11-12-18)25(14-24-21)16(2)17-8-4-3-5-9-17/h3-10,13-14,16,18H,11-12H2,1-2H3. The molecule has 0 radical (unpaired) electrons. The first-order chi connectivity index (χ1) is 14.1. The van der Waals surface area contributed by atoms with Gasteiger partial charge in [0.15, 0.2) is 11.2 Å². The normalized spacial score (nSPS) is 15.0. The molecule has 2 aromatic heterocycles. The van der Waals surface area contributed by atoms with Crippen LogP contribution in [0, 0.1) is 6.92 Å². The van der Waals surface area contributed by atoms with E-state index in [0.717, 1.165) is 29.7 Å². The summed E-state index contributed by atoms with van der Waals surface area (Å²) < 4.78 is 4.88. The fourth-order valence-electron chi connectivity index (χ4n) is 3.96. The molecule has 2 heterocycles. The molecule has 0 bridgehead atoms. The van der Waals surface area contributed by atoms with Crippen molar-refractivity contribution >= 4 is 11.2 Å². The average molecular weight is 386 g/mol. The molecule has 0 aliphatic heterocycles. The van der Waals surface area contributed by atoms with Gasteiger partial charge in [0.2, 0.25) is 0 Å². The van der Waals surface area contributed by atoms with Gasteiger partial charge in [0.25, 0.3) is 5.56 Å². The number of aromatic nitrogens is 4. The van der Waals surface area contributed by atoms with Gasteiger partial charge in [0, 0.05) is 6.04 Å². The SMILES string of the molecule is Cc1cccc(-n2c(=O)n(C3CC3)c(=O)c3c2ncn3C(C)c2ccccc2)c1. The Morgan fingerprint density at radius 3 is 2.48 bits per heavy atom. The van der Waals surface area contributed by atoms with E-state index >= 15 is 0 Å². The van der Waals surface area contributed by atoms with E-state index in [0.29, 0.717) is 11.2 Å². The molecule has 4 aromatic rings. The van der Waals surface area contributed by atoms with Crippen molar-refractivity contribution in [2.24, 2.45) is 0 Å². The number of fused-ring (bicyclic) bond motifs is 1. The number of benzene rings is 2. The molecule has 5 rings (SSSR count). The largest absolute Gasteiger partial charge is 0.337 e. The molecule has 146 valence electrons. The van der Waals surface area contributed by atoms with Gasteiger partial charge < -0.3 is 4.57 Å². The minimum Gasteiger partial charge on any atom is -0.317 e. The smallest absolute Gasteiger partial charge is 0.317 e. The van der Waals surface area contributed by atoms with Gasteiger partial charge in [-0.15, -0.1) is 0 Å². The molecule has 6 heteroatoms. The van der Waals surface area contributed by atoms with Crippen molar-refractivity contribution < 1.29 is 0 Å². The van der Waals surface area contributed by atoms with Crippen molar-refractivity contribution in [3.8, 4) is 5.69 Å². The molecule has 1 aliphatic rings. The maximum atomic E-state index is 13.4. The summed E-state index contributed by atoms with van der Waals surface area (Å²) in [7, 11) is 0. The van der Waals surface area contributed by atoms with Crippen LogP contribution in [0.15, 0.2) is 70.5 Å². The zero-order valence-electron chi connectivity index (χ0n) is 16.4. The highest BCUT2D eigenvalue weighted by molar-refractivity contribution is 5.73. The fraction of sp³-hybridized carbons (Fsp3) is 0.261. The maximum Gasteiger partial charge on any atom is 0.337 e. The van der Waals surface area contributed by atoms with E-state index in [1.54, 1.807) is 10.9 Å². The second-order valence-corrected chi connectivity index (χ2v) is 7.77. The summed E-state index contributed by atoms with van der Waals surface area (Å²) in [4.78, 5) is 31.2. The molecule has 1 atom stereocenters. The minimum absolute atomic E-state index is 0.0224. The lowest BCUT2D eigenvalue weighted by Crippen LogP contribution is -2.39. The molecular weight excluding hydrogens is 364 g/mol. The van der Waals surface area contributed by atoms with E-state index < -0.39 is 0 Å². The predicted octanol–water partition coefficient (Wildman–Crippen LogP) is 3.60. The number of imidazole rings is 1. The highest BCUT2D eigenvalue weighted by Crippen LogP contribution is 2.33. The van der Waals surface area contributed by atoms with Crippen molar-refractivity contribution in [1.29, 1.82) is 0 Å². The van der Waals surface area contributed by atoms with Crippen molar-refractivity contribution in [2.75, 3.05) is 0 Å². The van der Waals surface area contributed by atoms with E-state index in [-0.39, 0.29) is 23.3 Å². The summed E-state index contributed by atoms with van der Waals surface area (Å²) in [6.45, 7) is 4.03. The van der Waals surface area contributed by atoms with Gasteiger partial charge in [-0.1, -0.05) is 42.5 Å². The molecular formula is C23H22N4O2. The van der Waals surface area contributed by atoms with E-state index in [1.165, 1.54) is 4.57 Å². The number of rotatable bonds is 4. The van der Waals surface area contributed by atoms with Gasteiger partial charge in [0.1, 0.15) is 0 Å². The molecule has 6 nitrogen and oxygen atoms in total. The Hall–Kier alpha value is -3.41. The Morgan fingerprint density at radius 1 is 1.03 bits per heavy atom. The fourth-order valence-corrected chi connectivity index (χ4v) is 3.96. The third-order valence-electron chi connectivity index (χ3n) is 5.68. The topological polar surface area (TPSA) is 61.8 Å². The van der Waals surface area contributed by atoms with Gasteiger partial charge in [-0.2, -0.15) is 0 Å². The molecule has 1 fully saturated rings. The first kappa shape index (κ1) is 17.7. The highest BCUT2D eigenvalue weighted by atomic mass is 16.2. The average Bonchev–Trinajstić information content (AvgIpc) is 3.46. The second-order valence-electron chi connectivity index (χ2n) is 7.77. The Kier molecular flexibility index (Phi) is 4.01. The second kappa shape index (κ2) is 6.58. The van der Waals surface area contributed by atoms with Crippen LogP contribution in [0.3, 0.4) is 0 Å². The van der Waals surface area contributed by atoms with Crippen LogP contribution in [-0.2, 0) is 0 Å². The van der Waals surface area contributed by atoms with Gasteiger partial charge >= 0.3 is 5.69 Å². The van der Waals surface area contributed by atoms with Crippen molar-refractivity contribution in [3.05, 3.63) is 92.9 Å². The van der Waals surface area contributed by atoms with Crippen molar-refractivity contribution in [3.63, 3.8) is 0 Å². The molecule has 29 heavy (non-hydrogen) atoms. The summed E-state index contributed by atoms with van der Waals surface area (Å²) in [6.07, 6.45) is 3.39. The lowest BCUT2D eigenvalue weighted by Gasteiger charge is -2.16. The van der Waals surface area contributed by atoms with Gasteiger partial charge in [0.05, 0.1) is 18.1 Å². The third kappa shape index (κ3) is 2.83. The van der Waals surface area contributed by atoms with E-state index in [9.17, 15) is 9.59 Å². The summed E-state index contributed by atoms with van der Waals surface area (Å²) in [5.41, 5.74) is 3.16. The Labute approximate surface area is 167 Å². The number of hydrogen-bond acceptors (Lipinski definition) is 3. The molecule has 1 saturated carbocycles. The molecule has 1 aliphatic carbocycles. The third-order valence-corrected chi connectivity index (χ3v) is 5.68. The number of aryl methyl sites for hydroxylation is 1. The Morgan fingerprint density at radius 2 is 1.79 bits per heavy atom. The Balaban J connectivity index is 1.84. The zero-order chi connectivity index (χ0) is 20.1. The van der Waals surface area contributed by atoms with Crippen LogP contribution < -0.4 is 11.2 Å². The molecule has 0 amide bonds. The summed E-state index contributed by atoms with van der Waals surface area (Å²) in [5.74, 6) is 0. The zero-order valence-corrected chi connectivity index (χ0v) is 16.4. The number of hydrogen-bond donors (Lipinski definition) is 0. The lowest BCUT2D eigenvalue weighted by molar-refractivity contribution is 0.622. The van der Waals surface area contributed by atoms with Crippen LogP contribution in [0.2, 0.25) is 0 Å². The molecule has 0 saturated heterocycles. The quantitative estimate of drug-likeness (QED) is 0.538. The van der Waals surface area contributed by atoms with Gasteiger partial charge in [-0.05, 0) is 49.9 Å². The summed E-state index contributed by atoms with van der Waals surface area (Å²) >= 11 is 0. The lowest BCUT2D eigenvalue weighted by atomic mass is 10.1. The van der Waals surface area contributed by atoms with Gasteiger partial charge in [-0.25, -0.2) is 14.3 Å². The molecule has 0 spiro atoms. The minimum atomic E-state index is -0.312. The highest BCUT2D eigenvalue weighted by Gasteiger charge is 2.31. The molecule has 0 N–H and O–H groups in total. The summed E-state index contributed by atoms with van der Waals surface area (Å²) in [5, 5.41) is 0. The van der Waals surface area contributed by atoms with Gasteiger partial charge in [-0.3, -0.25) is 9.36 Å². The van der Waals surface area contributed by atoms with E-state index in [2.05, 4.69) is 4.98 Å². The van der Waals surface area contributed by atoms with E-state index in [1.807, 2.05) is 73.0 Å². The summed E-state index contributed by atoms with van der Waals surface area (Å²) in [6, 6.07) is 17.6. The van der Waals surface area contributed by atoms with E-state index in [4.69, 9.17) is 0 Å². The molecule has 1 unspecified atom stereocenters. The van der Waals surface area contributed by atoms with Crippen LogP contribution in [0.4, 0.5) is 0 Å². The number of nitrogens with zero attached hydrogens (tertiary/aromatic N) is 4. The first-order valence-electron chi connectivity index (χ1n) is 9.92. The van der Waals surface area contributed by atoms with Crippen LogP contribution in [0.1, 0.15) is 43.0 Å². The first-order valence-corrected chi connectivity index (χ1v) is 9.92.